The second-order valence-corrected chi connectivity index (χ2v) is 7.77. The third-order valence-electron chi connectivity index (χ3n) is 5.52. The topological polar surface area (TPSA) is 71.0 Å². The van der Waals surface area contributed by atoms with Crippen molar-refractivity contribution >= 4 is 11.7 Å². The molecule has 0 bridgehead atoms. The Hall–Kier alpha value is -2.50. The monoisotopic (exact) mass is 365 g/mol. The van der Waals surface area contributed by atoms with Crippen LogP contribution in [0.1, 0.15) is 48.9 Å². The molecule has 2 aromatic rings. The van der Waals surface area contributed by atoms with Gasteiger partial charge in [0.25, 0.3) is 0 Å². The minimum atomic E-state index is 0.0741. The molecule has 1 amide bonds. The average Bonchev–Trinajstić information content (AvgIpc) is 3.32. The van der Waals surface area contributed by atoms with E-state index in [1.165, 1.54) is 18.4 Å². The Morgan fingerprint density at radius 1 is 1.22 bits per heavy atom. The highest BCUT2D eigenvalue weighted by Gasteiger charge is 2.24. The fourth-order valence-electron chi connectivity index (χ4n) is 4.14. The van der Waals surface area contributed by atoms with Crippen LogP contribution in [0.4, 0.5) is 5.82 Å². The Bertz CT molecular complexity index is 844. The van der Waals surface area contributed by atoms with Gasteiger partial charge in [0, 0.05) is 30.5 Å². The molecular formula is C21H27N5O. The molecule has 0 radical (unpaired) electrons. The predicted octanol–water partition coefficient (Wildman–Crippen LogP) is 2.83. The van der Waals surface area contributed by atoms with Gasteiger partial charge >= 0.3 is 0 Å². The predicted molar refractivity (Wildman–Crippen MR) is 106 cm³/mol. The molecule has 0 spiro atoms. The van der Waals surface area contributed by atoms with Gasteiger partial charge in [0.1, 0.15) is 11.5 Å². The summed E-state index contributed by atoms with van der Waals surface area (Å²) in [6, 6.07) is 4.32. The summed E-state index contributed by atoms with van der Waals surface area (Å²) < 4.78 is 0. The van der Waals surface area contributed by atoms with Crippen molar-refractivity contribution in [2.45, 2.75) is 57.9 Å². The van der Waals surface area contributed by atoms with Gasteiger partial charge in [0.05, 0.1) is 6.54 Å². The van der Waals surface area contributed by atoms with Gasteiger partial charge in [-0.15, -0.1) is 0 Å². The number of rotatable bonds is 5. The normalized spacial score (nSPS) is 16.4. The Kier molecular flexibility index (Phi) is 5.05. The van der Waals surface area contributed by atoms with Crippen molar-refractivity contribution < 1.29 is 4.79 Å². The summed E-state index contributed by atoms with van der Waals surface area (Å²) in [5, 5.41) is 3.16. The lowest BCUT2D eigenvalue weighted by molar-refractivity contribution is -0.120. The van der Waals surface area contributed by atoms with Crippen LogP contribution < -0.4 is 10.2 Å². The van der Waals surface area contributed by atoms with Crippen LogP contribution >= 0.6 is 0 Å². The van der Waals surface area contributed by atoms with E-state index in [4.69, 9.17) is 9.97 Å². The van der Waals surface area contributed by atoms with Crippen LogP contribution in [-0.4, -0.2) is 40.5 Å². The van der Waals surface area contributed by atoms with Gasteiger partial charge in [-0.2, -0.15) is 0 Å². The van der Waals surface area contributed by atoms with Crippen LogP contribution in [0, 0.1) is 6.92 Å². The number of likely N-dealkylation sites (N-methyl/N-ethyl adjacent to an activating group) is 1. The number of anilines is 1. The number of carbonyl (C=O) groups is 1. The van der Waals surface area contributed by atoms with Crippen molar-refractivity contribution in [3.05, 3.63) is 35.2 Å². The van der Waals surface area contributed by atoms with Crippen molar-refractivity contribution in [2.75, 3.05) is 18.5 Å². The van der Waals surface area contributed by atoms with Gasteiger partial charge in [-0.05, 0) is 56.7 Å². The molecule has 27 heavy (non-hydrogen) atoms. The SMILES string of the molecule is Cc1ccnc(-c2nc3c(c(N(C)CC(=O)NC4CCCC4)n2)CCC3)c1. The number of carbonyl (C=O) groups excluding carboxylic acids is 1. The minimum absolute atomic E-state index is 0.0741. The molecule has 1 fully saturated rings. The quantitative estimate of drug-likeness (QED) is 0.882. The van der Waals surface area contributed by atoms with Crippen LogP contribution in [0.3, 0.4) is 0 Å². The highest BCUT2D eigenvalue weighted by molar-refractivity contribution is 5.81. The first-order valence-corrected chi connectivity index (χ1v) is 9.93. The molecule has 0 saturated heterocycles. The Balaban J connectivity index is 1.58. The fourth-order valence-corrected chi connectivity index (χ4v) is 4.14. The lowest BCUT2D eigenvalue weighted by Gasteiger charge is -2.22. The lowest BCUT2D eigenvalue weighted by atomic mass is 10.2. The van der Waals surface area contributed by atoms with E-state index in [2.05, 4.69) is 10.3 Å². The number of hydrogen-bond acceptors (Lipinski definition) is 5. The first-order valence-electron chi connectivity index (χ1n) is 9.93. The molecule has 2 aliphatic rings. The summed E-state index contributed by atoms with van der Waals surface area (Å²) in [5.41, 5.74) is 4.20. The van der Waals surface area contributed by atoms with E-state index in [0.29, 0.717) is 18.4 Å². The van der Waals surface area contributed by atoms with Gasteiger partial charge < -0.3 is 10.2 Å². The number of hydrogen-bond donors (Lipinski definition) is 1. The Morgan fingerprint density at radius 3 is 2.81 bits per heavy atom. The van der Waals surface area contributed by atoms with Crippen LogP contribution in [0.25, 0.3) is 11.5 Å². The highest BCUT2D eigenvalue weighted by Crippen LogP contribution is 2.30. The molecule has 2 aliphatic carbocycles. The molecule has 4 rings (SSSR count). The van der Waals surface area contributed by atoms with E-state index in [9.17, 15) is 4.79 Å². The van der Waals surface area contributed by atoms with Gasteiger partial charge in [-0.3, -0.25) is 9.78 Å². The molecule has 0 aliphatic heterocycles. The maximum Gasteiger partial charge on any atom is 0.239 e. The number of aryl methyl sites for hydroxylation is 2. The Morgan fingerprint density at radius 2 is 2.04 bits per heavy atom. The summed E-state index contributed by atoms with van der Waals surface area (Å²) in [7, 11) is 1.95. The molecule has 2 aromatic heterocycles. The highest BCUT2D eigenvalue weighted by atomic mass is 16.2. The average molecular weight is 365 g/mol. The largest absolute Gasteiger partial charge is 0.352 e. The maximum absolute atomic E-state index is 12.5. The zero-order chi connectivity index (χ0) is 18.8. The zero-order valence-corrected chi connectivity index (χ0v) is 16.2. The molecule has 2 heterocycles. The van der Waals surface area contributed by atoms with Gasteiger partial charge in [-0.1, -0.05) is 12.8 Å². The number of pyridine rings is 1. The first-order chi connectivity index (χ1) is 13.1. The summed E-state index contributed by atoms with van der Waals surface area (Å²) in [6.07, 6.45) is 9.44. The van der Waals surface area contributed by atoms with E-state index < -0.39 is 0 Å². The first kappa shape index (κ1) is 17.9. The van der Waals surface area contributed by atoms with Crippen LogP contribution in [0.2, 0.25) is 0 Å². The number of aromatic nitrogens is 3. The molecule has 0 atom stereocenters. The fraction of sp³-hybridized carbons (Fsp3) is 0.524. The van der Waals surface area contributed by atoms with E-state index in [-0.39, 0.29) is 5.91 Å². The zero-order valence-electron chi connectivity index (χ0n) is 16.2. The number of nitrogens with zero attached hydrogens (tertiary/aromatic N) is 4. The number of amides is 1. The van der Waals surface area contributed by atoms with Crippen molar-refractivity contribution in [3.63, 3.8) is 0 Å². The van der Waals surface area contributed by atoms with Crippen molar-refractivity contribution in [1.29, 1.82) is 0 Å². The molecule has 0 aromatic carbocycles. The van der Waals surface area contributed by atoms with Gasteiger partial charge in [0.15, 0.2) is 5.82 Å². The lowest BCUT2D eigenvalue weighted by Crippen LogP contribution is -2.40. The number of fused-ring (bicyclic) bond motifs is 1. The molecular weight excluding hydrogens is 338 g/mol. The van der Waals surface area contributed by atoms with E-state index in [1.54, 1.807) is 6.20 Å². The van der Waals surface area contributed by atoms with Crippen LogP contribution in [-0.2, 0) is 17.6 Å². The Labute approximate surface area is 160 Å². The van der Waals surface area contributed by atoms with Crippen molar-refractivity contribution in [3.8, 4) is 11.5 Å². The van der Waals surface area contributed by atoms with Crippen LogP contribution in [0.5, 0.6) is 0 Å². The van der Waals surface area contributed by atoms with Crippen molar-refractivity contribution in [2.24, 2.45) is 0 Å². The molecule has 142 valence electrons. The van der Waals surface area contributed by atoms with E-state index in [0.717, 1.165) is 54.9 Å². The summed E-state index contributed by atoms with van der Waals surface area (Å²) >= 11 is 0. The second kappa shape index (κ2) is 7.62. The van der Waals surface area contributed by atoms with Crippen LogP contribution in [0.15, 0.2) is 18.3 Å². The molecule has 6 nitrogen and oxygen atoms in total. The third kappa shape index (κ3) is 3.94. The minimum Gasteiger partial charge on any atom is -0.352 e. The third-order valence-corrected chi connectivity index (χ3v) is 5.52. The number of nitrogens with one attached hydrogen (secondary N) is 1. The van der Waals surface area contributed by atoms with Crippen molar-refractivity contribution in [1.82, 2.24) is 20.3 Å². The molecule has 1 N–H and O–H groups in total. The summed E-state index contributed by atoms with van der Waals surface area (Å²) in [6.45, 7) is 2.36. The van der Waals surface area contributed by atoms with Gasteiger partial charge in [0.2, 0.25) is 5.91 Å². The smallest absolute Gasteiger partial charge is 0.239 e. The molecule has 6 heteroatoms. The van der Waals surface area contributed by atoms with E-state index >= 15 is 0 Å². The molecule has 1 saturated carbocycles. The summed E-state index contributed by atoms with van der Waals surface area (Å²) in [5.74, 6) is 1.60. The summed E-state index contributed by atoms with van der Waals surface area (Å²) in [4.78, 5) is 28.5. The van der Waals surface area contributed by atoms with E-state index in [1.807, 2.05) is 31.0 Å². The standard InChI is InChI=1S/C21H27N5O/c1-14-10-11-22-18(12-14)20-24-17-9-5-8-16(17)21(25-20)26(2)13-19(27)23-15-6-3-4-7-15/h10-12,15H,3-9,13H2,1-2H3,(H,23,27). The second-order valence-electron chi connectivity index (χ2n) is 7.77. The van der Waals surface area contributed by atoms with Gasteiger partial charge in [-0.25, -0.2) is 9.97 Å². The molecule has 0 unspecified atom stereocenters. The maximum atomic E-state index is 12.5.